The second-order valence-electron chi connectivity index (χ2n) is 5.69. The lowest BCUT2D eigenvalue weighted by molar-refractivity contribution is -0.122. The van der Waals surface area contributed by atoms with Crippen molar-refractivity contribution in [3.63, 3.8) is 0 Å². The normalized spacial score (nSPS) is 23.4. The van der Waals surface area contributed by atoms with Gasteiger partial charge in [0.1, 0.15) is 0 Å². The molecule has 5 nitrogen and oxygen atoms in total. The molecular weight excluding hydrogens is 242 g/mol. The van der Waals surface area contributed by atoms with Gasteiger partial charge in [-0.25, -0.2) is 0 Å². The van der Waals surface area contributed by atoms with E-state index in [1.807, 2.05) is 0 Å². The Bertz CT molecular complexity index is 272. The Balaban J connectivity index is 1.59. The number of nitrogens with one attached hydrogen (secondary N) is 2. The number of hydrogen-bond acceptors (Lipinski definition) is 4. The van der Waals surface area contributed by atoms with Gasteiger partial charge in [0, 0.05) is 39.4 Å². The zero-order chi connectivity index (χ0) is 13.5. The van der Waals surface area contributed by atoms with Crippen LogP contribution in [-0.2, 0) is 9.53 Å². The Morgan fingerprint density at radius 1 is 1.21 bits per heavy atom. The molecule has 2 fully saturated rings. The topological polar surface area (TPSA) is 53.6 Å². The predicted molar refractivity (Wildman–Crippen MR) is 75.1 cm³/mol. The molecule has 0 saturated carbocycles. The first kappa shape index (κ1) is 14.8. The van der Waals surface area contributed by atoms with E-state index < -0.39 is 0 Å². The number of likely N-dealkylation sites (tertiary alicyclic amines) is 1. The summed E-state index contributed by atoms with van der Waals surface area (Å²) in [6.45, 7) is 5.58. The molecule has 110 valence electrons. The van der Waals surface area contributed by atoms with E-state index in [1.165, 1.54) is 12.8 Å². The summed E-state index contributed by atoms with van der Waals surface area (Å²) >= 11 is 0. The minimum absolute atomic E-state index is 0.119. The molecule has 2 N–H and O–H groups in total. The first-order valence-corrected chi connectivity index (χ1v) is 7.52. The molecule has 2 saturated heterocycles. The lowest BCUT2D eigenvalue weighted by Crippen LogP contribution is -2.46. The molecule has 2 heterocycles. The Hall–Kier alpha value is -0.650. The Morgan fingerprint density at radius 2 is 1.89 bits per heavy atom. The van der Waals surface area contributed by atoms with Gasteiger partial charge in [-0.2, -0.15) is 0 Å². The fourth-order valence-corrected chi connectivity index (χ4v) is 2.86. The van der Waals surface area contributed by atoms with Crippen LogP contribution >= 0.6 is 0 Å². The number of likely N-dealkylation sites (N-methyl/N-ethyl adjacent to an activating group) is 1. The van der Waals surface area contributed by atoms with Gasteiger partial charge in [-0.1, -0.05) is 0 Å². The van der Waals surface area contributed by atoms with Crippen LogP contribution in [0.15, 0.2) is 0 Å². The number of ether oxygens (including phenoxy) is 1. The van der Waals surface area contributed by atoms with Crippen LogP contribution in [0, 0.1) is 5.92 Å². The third-order valence-electron chi connectivity index (χ3n) is 4.27. The maximum Gasteiger partial charge on any atom is 0.233 e. The number of carbonyl (C=O) groups is 1. The van der Waals surface area contributed by atoms with Gasteiger partial charge >= 0.3 is 0 Å². The highest BCUT2D eigenvalue weighted by Crippen LogP contribution is 2.15. The van der Waals surface area contributed by atoms with Crippen molar-refractivity contribution in [2.75, 3.05) is 46.4 Å². The molecule has 0 bridgehead atoms. The lowest BCUT2D eigenvalue weighted by atomic mass is 9.98. The Labute approximate surface area is 116 Å². The van der Waals surface area contributed by atoms with Gasteiger partial charge in [-0.3, -0.25) is 9.69 Å². The molecule has 5 heteroatoms. The molecule has 2 rings (SSSR count). The van der Waals surface area contributed by atoms with Crippen LogP contribution in [-0.4, -0.2) is 63.3 Å². The Morgan fingerprint density at radius 3 is 2.53 bits per heavy atom. The zero-order valence-corrected chi connectivity index (χ0v) is 12.0. The van der Waals surface area contributed by atoms with Crippen LogP contribution in [0.3, 0.4) is 0 Å². The number of amides is 1. The van der Waals surface area contributed by atoms with Crippen molar-refractivity contribution in [3.05, 3.63) is 0 Å². The first-order chi connectivity index (χ1) is 9.28. The number of hydrogen-bond donors (Lipinski definition) is 2. The monoisotopic (exact) mass is 269 g/mol. The molecule has 0 aromatic rings. The third kappa shape index (κ3) is 5.09. The van der Waals surface area contributed by atoms with Crippen molar-refractivity contribution in [3.8, 4) is 0 Å². The third-order valence-corrected chi connectivity index (χ3v) is 4.27. The molecular formula is C14H27N3O2. The number of nitrogens with zero attached hydrogens (tertiary/aromatic N) is 1. The van der Waals surface area contributed by atoms with Crippen molar-refractivity contribution in [2.45, 2.75) is 31.7 Å². The van der Waals surface area contributed by atoms with E-state index in [4.69, 9.17) is 4.74 Å². The highest BCUT2D eigenvalue weighted by Gasteiger charge is 2.21. The molecule has 2 aliphatic rings. The standard InChI is InChI=1S/C14H27N3O2/c1-15-14(18)11-17-6-2-13(3-7-17)16-10-12-4-8-19-9-5-12/h12-13,16H,2-11H2,1H3,(H,15,18). The van der Waals surface area contributed by atoms with Gasteiger partial charge in [0.2, 0.25) is 5.91 Å². The largest absolute Gasteiger partial charge is 0.381 e. The number of carbonyl (C=O) groups excluding carboxylic acids is 1. The number of piperidine rings is 1. The average Bonchev–Trinajstić information content (AvgIpc) is 2.47. The van der Waals surface area contributed by atoms with Crippen LogP contribution in [0.2, 0.25) is 0 Å². The SMILES string of the molecule is CNC(=O)CN1CCC(NCC2CCOCC2)CC1. The molecule has 0 aromatic heterocycles. The summed E-state index contributed by atoms with van der Waals surface area (Å²) in [5.74, 6) is 0.909. The van der Waals surface area contributed by atoms with Crippen LogP contribution in [0.25, 0.3) is 0 Å². The van der Waals surface area contributed by atoms with Crippen LogP contribution in [0.1, 0.15) is 25.7 Å². The zero-order valence-electron chi connectivity index (χ0n) is 12.0. The van der Waals surface area contributed by atoms with Gasteiger partial charge in [0.05, 0.1) is 6.54 Å². The molecule has 19 heavy (non-hydrogen) atoms. The van der Waals surface area contributed by atoms with Gasteiger partial charge in [-0.05, 0) is 38.1 Å². The molecule has 0 unspecified atom stereocenters. The molecule has 0 aromatic carbocycles. The van der Waals surface area contributed by atoms with E-state index >= 15 is 0 Å². The van der Waals surface area contributed by atoms with Gasteiger partial charge in [-0.15, -0.1) is 0 Å². The minimum atomic E-state index is 0.119. The van der Waals surface area contributed by atoms with E-state index in [0.717, 1.165) is 51.6 Å². The second kappa shape index (κ2) is 7.82. The van der Waals surface area contributed by atoms with Gasteiger partial charge < -0.3 is 15.4 Å². The first-order valence-electron chi connectivity index (χ1n) is 7.52. The van der Waals surface area contributed by atoms with Crippen molar-refractivity contribution in [1.29, 1.82) is 0 Å². The molecule has 0 spiro atoms. The van der Waals surface area contributed by atoms with E-state index in [9.17, 15) is 4.79 Å². The van der Waals surface area contributed by atoms with E-state index in [-0.39, 0.29) is 5.91 Å². The predicted octanol–water partition coefficient (Wildman–Crippen LogP) is 0.213. The summed E-state index contributed by atoms with van der Waals surface area (Å²) in [5.41, 5.74) is 0. The number of rotatable bonds is 5. The van der Waals surface area contributed by atoms with E-state index in [2.05, 4.69) is 15.5 Å². The van der Waals surface area contributed by atoms with Crippen molar-refractivity contribution >= 4 is 5.91 Å². The summed E-state index contributed by atoms with van der Waals surface area (Å²) in [6, 6.07) is 0.629. The molecule has 2 aliphatic heterocycles. The minimum Gasteiger partial charge on any atom is -0.381 e. The van der Waals surface area contributed by atoms with Crippen molar-refractivity contribution < 1.29 is 9.53 Å². The van der Waals surface area contributed by atoms with Crippen LogP contribution in [0.4, 0.5) is 0 Å². The fourth-order valence-electron chi connectivity index (χ4n) is 2.86. The molecule has 0 atom stereocenters. The summed E-state index contributed by atoms with van der Waals surface area (Å²) in [7, 11) is 1.70. The smallest absolute Gasteiger partial charge is 0.233 e. The summed E-state index contributed by atoms with van der Waals surface area (Å²) in [6.07, 6.45) is 4.70. The van der Waals surface area contributed by atoms with Crippen molar-refractivity contribution in [1.82, 2.24) is 15.5 Å². The maximum absolute atomic E-state index is 11.3. The fraction of sp³-hybridized carbons (Fsp3) is 0.929. The maximum atomic E-state index is 11.3. The average molecular weight is 269 g/mol. The lowest BCUT2D eigenvalue weighted by Gasteiger charge is -2.33. The molecule has 1 amide bonds. The molecule has 0 radical (unpaired) electrons. The van der Waals surface area contributed by atoms with Gasteiger partial charge in [0.15, 0.2) is 0 Å². The van der Waals surface area contributed by atoms with E-state index in [0.29, 0.717) is 12.6 Å². The highest BCUT2D eigenvalue weighted by atomic mass is 16.5. The molecule has 0 aliphatic carbocycles. The summed E-state index contributed by atoms with van der Waals surface area (Å²) in [4.78, 5) is 13.6. The second-order valence-corrected chi connectivity index (χ2v) is 5.69. The van der Waals surface area contributed by atoms with Crippen LogP contribution in [0.5, 0.6) is 0 Å². The van der Waals surface area contributed by atoms with Crippen molar-refractivity contribution in [2.24, 2.45) is 5.92 Å². The van der Waals surface area contributed by atoms with Crippen LogP contribution < -0.4 is 10.6 Å². The highest BCUT2D eigenvalue weighted by molar-refractivity contribution is 5.77. The summed E-state index contributed by atoms with van der Waals surface area (Å²) < 4.78 is 5.38. The summed E-state index contributed by atoms with van der Waals surface area (Å²) in [5, 5.41) is 6.38. The van der Waals surface area contributed by atoms with E-state index in [1.54, 1.807) is 7.05 Å². The quantitative estimate of drug-likeness (QED) is 0.749. The Kier molecular flexibility index (Phi) is 6.07. The van der Waals surface area contributed by atoms with Gasteiger partial charge in [0.25, 0.3) is 0 Å².